The van der Waals surface area contributed by atoms with Crippen LogP contribution in [0.4, 0.5) is 15.6 Å². The van der Waals surface area contributed by atoms with E-state index in [0.29, 0.717) is 27.3 Å². The number of hydrogen-bond donors (Lipinski definition) is 3. The minimum Gasteiger partial charge on any atom is -0.326 e. The molecule has 168 valence electrons. The molecular formula is C23H26ClN5O2S. The third kappa shape index (κ3) is 6.05. The van der Waals surface area contributed by atoms with Crippen molar-refractivity contribution in [2.75, 3.05) is 10.6 Å². The second kappa shape index (κ2) is 10.6. The molecule has 3 N–H and O–H groups in total. The highest BCUT2D eigenvalue weighted by atomic mass is 35.5. The van der Waals surface area contributed by atoms with Gasteiger partial charge in [0, 0.05) is 16.3 Å². The Hall–Kier alpha value is -2.97. The van der Waals surface area contributed by atoms with Gasteiger partial charge in [-0.15, -0.1) is 10.2 Å². The summed E-state index contributed by atoms with van der Waals surface area (Å²) in [5, 5.41) is 18.2. The van der Waals surface area contributed by atoms with E-state index in [4.69, 9.17) is 11.6 Å². The van der Waals surface area contributed by atoms with Gasteiger partial charge in [-0.2, -0.15) is 0 Å². The van der Waals surface area contributed by atoms with E-state index in [9.17, 15) is 9.59 Å². The Morgan fingerprint density at radius 1 is 1.06 bits per heavy atom. The molecule has 0 bridgehead atoms. The van der Waals surface area contributed by atoms with Gasteiger partial charge in [-0.3, -0.25) is 10.1 Å². The van der Waals surface area contributed by atoms with Crippen LogP contribution in [-0.2, 0) is 4.79 Å². The monoisotopic (exact) mass is 471 g/mol. The molecular weight excluding hydrogens is 446 g/mol. The first kappa shape index (κ1) is 23.7. The van der Waals surface area contributed by atoms with Gasteiger partial charge in [0.2, 0.25) is 11.0 Å². The summed E-state index contributed by atoms with van der Waals surface area (Å²) in [5.41, 5.74) is 3.71. The van der Waals surface area contributed by atoms with Crippen LogP contribution in [0.1, 0.15) is 31.4 Å². The number of carbonyl (C=O) groups is 2. The number of amides is 3. The van der Waals surface area contributed by atoms with Crippen LogP contribution >= 0.6 is 22.9 Å². The number of anilines is 2. The van der Waals surface area contributed by atoms with Crippen LogP contribution in [0.25, 0.3) is 10.6 Å². The lowest BCUT2D eigenvalue weighted by atomic mass is 9.98. The number of benzene rings is 2. The van der Waals surface area contributed by atoms with Crippen molar-refractivity contribution >= 4 is 45.7 Å². The minimum atomic E-state index is -0.731. The van der Waals surface area contributed by atoms with Crippen LogP contribution < -0.4 is 16.0 Å². The normalized spacial score (nSPS) is 12.7. The van der Waals surface area contributed by atoms with Gasteiger partial charge in [0.05, 0.1) is 0 Å². The Morgan fingerprint density at radius 3 is 2.53 bits per heavy atom. The Morgan fingerprint density at radius 2 is 1.84 bits per heavy atom. The predicted molar refractivity (Wildman–Crippen MR) is 130 cm³/mol. The lowest BCUT2D eigenvalue weighted by Gasteiger charge is -2.23. The first-order valence-electron chi connectivity index (χ1n) is 10.3. The molecule has 0 aliphatic carbocycles. The number of hydrogen-bond acceptors (Lipinski definition) is 5. The van der Waals surface area contributed by atoms with Crippen LogP contribution in [-0.4, -0.2) is 28.2 Å². The number of urea groups is 1. The summed E-state index contributed by atoms with van der Waals surface area (Å²) in [6, 6.07) is 11.8. The highest BCUT2D eigenvalue weighted by Gasteiger charge is 2.27. The molecule has 3 aromatic rings. The van der Waals surface area contributed by atoms with Crippen LogP contribution in [0.5, 0.6) is 0 Å². The standard InChI is InChI=1S/C23H26ClN5O2S/c1-5-13(2)19(26-22(31)25-18-10-9-14(3)15(4)11-18)20(30)27-23-29-28-21(32-23)16-7-6-8-17(24)12-16/h6-13,19H,5H2,1-4H3,(H2,25,26,31)(H,27,29,30)/t13-,19-/m1/s1. The van der Waals surface area contributed by atoms with Crippen molar-refractivity contribution in [2.45, 2.75) is 40.2 Å². The van der Waals surface area contributed by atoms with Gasteiger partial charge in [-0.05, 0) is 55.2 Å². The quantitative estimate of drug-likeness (QED) is 0.414. The van der Waals surface area contributed by atoms with Crippen LogP contribution in [0.3, 0.4) is 0 Å². The van der Waals surface area contributed by atoms with Gasteiger partial charge in [0.25, 0.3) is 0 Å². The summed E-state index contributed by atoms with van der Waals surface area (Å²) in [6.07, 6.45) is 0.714. The van der Waals surface area contributed by atoms with Crippen molar-refractivity contribution in [3.8, 4) is 10.6 Å². The molecule has 32 heavy (non-hydrogen) atoms. The molecule has 0 saturated carbocycles. The average molecular weight is 472 g/mol. The molecule has 0 aliphatic heterocycles. The van der Waals surface area contributed by atoms with Gasteiger partial charge in [0.1, 0.15) is 11.0 Å². The predicted octanol–water partition coefficient (Wildman–Crippen LogP) is 5.65. The zero-order chi connectivity index (χ0) is 23.3. The Balaban J connectivity index is 1.68. The largest absolute Gasteiger partial charge is 0.326 e. The van der Waals surface area contributed by atoms with Gasteiger partial charge >= 0.3 is 6.03 Å². The fourth-order valence-electron chi connectivity index (χ4n) is 3.02. The summed E-state index contributed by atoms with van der Waals surface area (Å²) in [6.45, 7) is 7.87. The van der Waals surface area contributed by atoms with E-state index in [1.54, 1.807) is 12.1 Å². The lowest BCUT2D eigenvalue weighted by Crippen LogP contribution is -2.49. The summed E-state index contributed by atoms with van der Waals surface area (Å²) in [5.74, 6) is -0.427. The van der Waals surface area contributed by atoms with Crippen LogP contribution in [0, 0.1) is 19.8 Å². The molecule has 0 saturated heterocycles. The molecule has 2 aromatic carbocycles. The smallest absolute Gasteiger partial charge is 0.319 e. The number of aromatic nitrogens is 2. The highest BCUT2D eigenvalue weighted by molar-refractivity contribution is 7.18. The third-order valence-corrected chi connectivity index (χ3v) is 6.40. The molecule has 7 nitrogen and oxygen atoms in total. The molecule has 3 amide bonds. The molecule has 9 heteroatoms. The molecule has 1 aromatic heterocycles. The molecule has 0 radical (unpaired) electrons. The first-order valence-corrected chi connectivity index (χ1v) is 11.5. The number of nitrogens with one attached hydrogen (secondary N) is 3. The topological polar surface area (TPSA) is 96.0 Å². The molecule has 2 atom stereocenters. The van der Waals surface area contributed by atoms with E-state index >= 15 is 0 Å². The average Bonchev–Trinajstić information content (AvgIpc) is 3.22. The fourth-order valence-corrected chi connectivity index (χ4v) is 3.96. The third-order valence-electron chi connectivity index (χ3n) is 5.27. The highest BCUT2D eigenvalue weighted by Crippen LogP contribution is 2.28. The lowest BCUT2D eigenvalue weighted by molar-refractivity contribution is -0.119. The molecule has 0 spiro atoms. The maximum Gasteiger partial charge on any atom is 0.319 e. The van der Waals surface area contributed by atoms with E-state index < -0.39 is 12.1 Å². The minimum absolute atomic E-state index is 0.0826. The van der Waals surface area contributed by atoms with Crippen molar-refractivity contribution in [2.24, 2.45) is 5.92 Å². The Labute approximate surface area is 196 Å². The Kier molecular flexibility index (Phi) is 7.82. The molecule has 0 unspecified atom stereocenters. The van der Waals surface area contributed by atoms with E-state index in [0.717, 1.165) is 16.7 Å². The summed E-state index contributed by atoms with van der Waals surface area (Å²) >= 11 is 7.28. The molecule has 1 heterocycles. The van der Waals surface area contributed by atoms with Crippen LogP contribution in [0.2, 0.25) is 5.02 Å². The Bertz CT molecular complexity index is 1120. The SMILES string of the molecule is CC[C@@H](C)[C@@H](NC(=O)Nc1ccc(C)c(C)c1)C(=O)Nc1nnc(-c2cccc(Cl)c2)s1. The first-order chi connectivity index (χ1) is 15.3. The molecule has 0 fully saturated rings. The number of nitrogens with zero attached hydrogens (tertiary/aromatic N) is 2. The maximum absolute atomic E-state index is 13.0. The number of halogens is 1. The summed E-state index contributed by atoms with van der Waals surface area (Å²) in [4.78, 5) is 25.5. The second-order valence-electron chi connectivity index (χ2n) is 7.67. The van der Waals surface area contributed by atoms with Crippen molar-refractivity contribution < 1.29 is 9.59 Å². The van der Waals surface area contributed by atoms with E-state index in [2.05, 4.69) is 26.1 Å². The van der Waals surface area contributed by atoms with Gasteiger partial charge in [-0.1, -0.05) is 61.4 Å². The van der Waals surface area contributed by atoms with E-state index in [1.807, 2.05) is 58.0 Å². The second-order valence-corrected chi connectivity index (χ2v) is 9.09. The van der Waals surface area contributed by atoms with E-state index in [-0.39, 0.29) is 11.8 Å². The zero-order valence-electron chi connectivity index (χ0n) is 18.4. The van der Waals surface area contributed by atoms with Gasteiger partial charge in [0.15, 0.2) is 0 Å². The van der Waals surface area contributed by atoms with Crippen molar-refractivity contribution in [1.82, 2.24) is 15.5 Å². The zero-order valence-corrected chi connectivity index (χ0v) is 20.0. The maximum atomic E-state index is 13.0. The van der Waals surface area contributed by atoms with E-state index in [1.165, 1.54) is 11.3 Å². The number of carbonyl (C=O) groups excluding carboxylic acids is 2. The molecule has 0 aliphatic rings. The van der Waals surface area contributed by atoms with Crippen molar-refractivity contribution in [1.29, 1.82) is 0 Å². The number of aryl methyl sites for hydroxylation is 2. The summed E-state index contributed by atoms with van der Waals surface area (Å²) < 4.78 is 0. The fraction of sp³-hybridized carbons (Fsp3) is 0.304. The van der Waals surface area contributed by atoms with Crippen molar-refractivity contribution in [3.63, 3.8) is 0 Å². The van der Waals surface area contributed by atoms with Crippen molar-refractivity contribution in [3.05, 3.63) is 58.6 Å². The number of rotatable bonds is 7. The summed E-state index contributed by atoms with van der Waals surface area (Å²) in [7, 11) is 0. The van der Waals surface area contributed by atoms with Gasteiger partial charge < -0.3 is 10.6 Å². The van der Waals surface area contributed by atoms with Crippen LogP contribution in [0.15, 0.2) is 42.5 Å². The molecule has 3 rings (SSSR count). The van der Waals surface area contributed by atoms with Gasteiger partial charge in [-0.25, -0.2) is 4.79 Å².